The van der Waals surface area contributed by atoms with Crippen LogP contribution in [0.5, 0.6) is 0 Å². The van der Waals surface area contributed by atoms with Crippen LogP contribution in [0.2, 0.25) is 5.02 Å². The maximum absolute atomic E-state index is 13.2. The fourth-order valence-corrected chi connectivity index (χ4v) is 2.70. The maximum Gasteiger partial charge on any atom is 0.141 e. The molecule has 0 spiro atoms. The summed E-state index contributed by atoms with van der Waals surface area (Å²) in [6, 6.07) is 8.77. The van der Waals surface area contributed by atoms with Gasteiger partial charge in [0.2, 0.25) is 0 Å². The van der Waals surface area contributed by atoms with Crippen molar-refractivity contribution in [3.05, 3.63) is 64.7 Å². The molecule has 1 atom stereocenters. The molecule has 0 saturated carbocycles. The minimum absolute atomic E-state index is 0.0754. The van der Waals surface area contributed by atoms with Crippen molar-refractivity contribution in [2.45, 2.75) is 12.6 Å². The van der Waals surface area contributed by atoms with Crippen LogP contribution in [0.3, 0.4) is 0 Å². The van der Waals surface area contributed by atoms with E-state index in [9.17, 15) is 4.39 Å². The Balaban J connectivity index is 1.69. The highest BCUT2D eigenvalue weighted by Crippen LogP contribution is 2.26. The van der Waals surface area contributed by atoms with Crippen LogP contribution in [0.1, 0.15) is 17.2 Å². The largest absolute Gasteiger partial charge is 0.371 e. The Morgan fingerprint density at radius 1 is 1.38 bits per heavy atom. The number of hydrogen-bond acceptors (Lipinski definition) is 3. The number of benzene rings is 1. The van der Waals surface area contributed by atoms with Crippen molar-refractivity contribution in [2.75, 3.05) is 19.7 Å². The van der Waals surface area contributed by atoms with Gasteiger partial charge in [0.15, 0.2) is 0 Å². The summed E-state index contributed by atoms with van der Waals surface area (Å²) in [7, 11) is 0. The van der Waals surface area contributed by atoms with Gasteiger partial charge in [0.1, 0.15) is 5.82 Å². The molecular formula is C16H16ClFN2O. The normalized spacial score (nSPS) is 19.6. The van der Waals surface area contributed by atoms with Crippen LogP contribution in [-0.4, -0.2) is 29.6 Å². The number of pyridine rings is 1. The Morgan fingerprint density at radius 3 is 3.05 bits per heavy atom. The van der Waals surface area contributed by atoms with Crippen LogP contribution in [0.25, 0.3) is 0 Å². The number of hydrogen-bond donors (Lipinski definition) is 0. The Kier molecular flexibility index (Phi) is 4.48. The highest BCUT2D eigenvalue weighted by Gasteiger charge is 2.22. The zero-order valence-corrected chi connectivity index (χ0v) is 12.3. The molecule has 0 amide bonds. The van der Waals surface area contributed by atoms with Crippen LogP contribution >= 0.6 is 11.6 Å². The number of ether oxygens (including phenoxy) is 1. The lowest BCUT2D eigenvalue weighted by atomic mass is 10.1. The van der Waals surface area contributed by atoms with E-state index in [1.807, 2.05) is 12.3 Å². The van der Waals surface area contributed by atoms with Crippen molar-refractivity contribution in [1.29, 1.82) is 0 Å². The second-order valence-corrected chi connectivity index (χ2v) is 5.54. The monoisotopic (exact) mass is 306 g/mol. The summed E-state index contributed by atoms with van der Waals surface area (Å²) in [4.78, 5) is 6.44. The minimum atomic E-state index is -0.400. The first-order valence-electron chi connectivity index (χ1n) is 6.90. The van der Waals surface area contributed by atoms with Crippen molar-refractivity contribution in [2.24, 2.45) is 0 Å². The molecule has 1 saturated heterocycles. The molecule has 3 nitrogen and oxygen atoms in total. The van der Waals surface area contributed by atoms with Crippen molar-refractivity contribution in [1.82, 2.24) is 9.88 Å². The Labute approximate surface area is 128 Å². The summed E-state index contributed by atoms with van der Waals surface area (Å²) in [5, 5.41) is 0.139. The van der Waals surface area contributed by atoms with Gasteiger partial charge in [0, 0.05) is 32.0 Å². The van der Waals surface area contributed by atoms with E-state index in [4.69, 9.17) is 16.3 Å². The average Bonchev–Trinajstić information content (AvgIpc) is 2.51. The summed E-state index contributed by atoms with van der Waals surface area (Å²) >= 11 is 5.85. The van der Waals surface area contributed by atoms with E-state index in [0.717, 1.165) is 25.2 Å². The zero-order chi connectivity index (χ0) is 14.7. The molecule has 1 fully saturated rings. The van der Waals surface area contributed by atoms with Gasteiger partial charge in [-0.15, -0.1) is 0 Å². The van der Waals surface area contributed by atoms with Gasteiger partial charge in [-0.1, -0.05) is 23.7 Å². The Bertz CT molecular complexity index is 608. The number of aromatic nitrogens is 1. The molecule has 1 aromatic carbocycles. The number of morpholine rings is 1. The summed E-state index contributed by atoms with van der Waals surface area (Å²) in [5.74, 6) is -0.400. The quantitative estimate of drug-likeness (QED) is 0.868. The lowest BCUT2D eigenvalue weighted by Crippen LogP contribution is -2.37. The molecule has 1 aromatic heterocycles. The van der Waals surface area contributed by atoms with Crippen LogP contribution in [-0.2, 0) is 11.3 Å². The van der Waals surface area contributed by atoms with E-state index in [1.54, 1.807) is 18.3 Å². The molecule has 1 aliphatic heterocycles. The third kappa shape index (κ3) is 3.59. The molecule has 5 heteroatoms. The molecule has 2 heterocycles. The number of nitrogens with zero attached hydrogens (tertiary/aromatic N) is 2. The molecule has 0 aliphatic carbocycles. The molecular weight excluding hydrogens is 291 g/mol. The second-order valence-electron chi connectivity index (χ2n) is 5.13. The second kappa shape index (κ2) is 6.52. The average molecular weight is 307 g/mol. The summed E-state index contributed by atoms with van der Waals surface area (Å²) in [6.07, 6.45) is 3.57. The molecule has 0 N–H and O–H groups in total. The van der Waals surface area contributed by atoms with Crippen LogP contribution in [0.4, 0.5) is 4.39 Å². The first kappa shape index (κ1) is 14.4. The van der Waals surface area contributed by atoms with E-state index in [0.29, 0.717) is 6.61 Å². The molecule has 1 aliphatic rings. The molecule has 21 heavy (non-hydrogen) atoms. The van der Waals surface area contributed by atoms with Gasteiger partial charge < -0.3 is 4.74 Å². The molecule has 0 bridgehead atoms. The number of rotatable bonds is 3. The van der Waals surface area contributed by atoms with Gasteiger partial charge >= 0.3 is 0 Å². The summed E-state index contributed by atoms with van der Waals surface area (Å²) in [6.45, 7) is 3.12. The zero-order valence-electron chi connectivity index (χ0n) is 11.5. The van der Waals surface area contributed by atoms with E-state index in [2.05, 4.69) is 16.0 Å². The van der Waals surface area contributed by atoms with Crippen LogP contribution < -0.4 is 0 Å². The van der Waals surface area contributed by atoms with Crippen molar-refractivity contribution < 1.29 is 9.13 Å². The number of halogens is 2. The van der Waals surface area contributed by atoms with Gasteiger partial charge in [-0.05, 0) is 29.3 Å². The first-order chi connectivity index (χ1) is 10.2. The van der Waals surface area contributed by atoms with Crippen LogP contribution in [0.15, 0.2) is 42.7 Å². The van der Waals surface area contributed by atoms with Gasteiger partial charge in [-0.3, -0.25) is 9.88 Å². The van der Waals surface area contributed by atoms with Crippen molar-refractivity contribution in [3.63, 3.8) is 0 Å². The summed E-state index contributed by atoms with van der Waals surface area (Å²) < 4.78 is 19.0. The van der Waals surface area contributed by atoms with Gasteiger partial charge in [0.05, 0.1) is 17.7 Å². The fraction of sp³-hybridized carbons (Fsp3) is 0.312. The standard InChI is InChI=1S/C16H16ClFN2O/c17-14-8-13(3-4-15(14)18)16-11-20(6-7-21-16)10-12-2-1-5-19-9-12/h1-5,8-9,16H,6-7,10-11H2/t16-/m1/s1. The molecule has 110 valence electrons. The van der Waals surface area contributed by atoms with Crippen LogP contribution in [0, 0.1) is 5.82 Å². The smallest absolute Gasteiger partial charge is 0.141 e. The van der Waals surface area contributed by atoms with E-state index >= 15 is 0 Å². The molecule has 2 aromatic rings. The van der Waals surface area contributed by atoms with Crippen molar-refractivity contribution in [3.8, 4) is 0 Å². The predicted octanol–water partition coefficient (Wildman–Crippen LogP) is 3.45. The molecule has 0 radical (unpaired) electrons. The third-order valence-electron chi connectivity index (χ3n) is 3.59. The summed E-state index contributed by atoms with van der Waals surface area (Å²) in [5.41, 5.74) is 2.09. The predicted molar refractivity (Wildman–Crippen MR) is 79.6 cm³/mol. The Morgan fingerprint density at radius 2 is 2.29 bits per heavy atom. The van der Waals surface area contributed by atoms with Gasteiger partial charge in [-0.25, -0.2) is 4.39 Å². The fourth-order valence-electron chi connectivity index (χ4n) is 2.51. The maximum atomic E-state index is 13.2. The first-order valence-corrected chi connectivity index (χ1v) is 7.28. The van der Waals surface area contributed by atoms with E-state index in [-0.39, 0.29) is 11.1 Å². The Hall–Kier alpha value is -1.49. The molecule has 0 unspecified atom stereocenters. The molecule has 3 rings (SSSR count). The van der Waals surface area contributed by atoms with Gasteiger partial charge in [0.25, 0.3) is 0 Å². The lowest BCUT2D eigenvalue weighted by Gasteiger charge is -2.33. The topological polar surface area (TPSA) is 25.4 Å². The minimum Gasteiger partial charge on any atom is -0.371 e. The highest BCUT2D eigenvalue weighted by molar-refractivity contribution is 6.30. The van der Waals surface area contributed by atoms with E-state index in [1.165, 1.54) is 11.6 Å². The van der Waals surface area contributed by atoms with Crippen molar-refractivity contribution >= 4 is 11.6 Å². The van der Waals surface area contributed by atoms with E-state index < -0.39 is 5.82 Å². The van der Waals surface area contributed by atoms with Gasteiger partial charge in [-0.2, -0.15) is 0 Å². The highest BCUT2D eigenvalue weighted by atomic mass is 35.5. The third-order valence-corrected chi connectivity index (χ3v) is 3.88. The SMILES string of the molecule is Fc1ccc([C@H]2CN(Cc3cccnc3)CCO2)cc1Cl. The lowest BCUT2D eigenvalue weighted by molar-refractivity contribution is -0.0329.